The fourth-order valence-electron chi connectivity index (χ4n) is 3.56. The fraction of sp³-hybridized carbons (Fsp3) is 0.240. The number of rotatable bonds is 10. The lowest BCUT2D eigenvalue weighted by Gasteiger charge is -2.18. The van der Waals surface area contributed by atoms with E-state index in [1.54, 1.807) is 11.3 Å². The normalized spacial score (nSPS) is 11.8. The molecule has 2 aromatic carbocycles. The number of amides is 1. The van der Waals surface area contributed by atoms with Gasteiger partial charge in [0.2, 0.25) is 11.1 Å². The second-order valence-electron chi connectivity index (χ2n) is 7.80. The van der Waals surface area contributed by atoms with Gasteiger partial charge in [0.05, 0.1) is 6.04 Å². The number of benzene rings is 2. The Hall–Kier alpha value is -3.30. The van der Waals surface area contributed by atoms with Crippen LogP contribution in [0, 0.1) is 13.8 Å². The second-order valence-corrected chi connectivity index (χ2v) is 9.84. The Kier molecular flexibility index (Phi) is 7.87. The maximum atomic E-state index is 12.7. The summed E-state index contributed by atoms with van der Waals surface area (Å²) in [5, 5.41) is 14.0. The lowest BCUT2D eigenvalue weighted by Crippen LogP contribution is -2.29. The maximum Gasteiger partial charge on any atom is 0.221 e. The molecule has 0 aliphatic carbocycles. The number of nitrogens with zero attached hydrogens (tertiary/aromatic N) is 3. The van der Waals surface area contributed by atoms with Crippen molar-refractivity contribution >= 4 is 29.0 Å². The average molecular weight is 494 g/mol. The number of carbonyl (C=O) groups excluding carboxylic acids is 1. The molecule has 0 spiro atoms. The van der Waals surface area contributed by atoms with Gasteiger partial charge in [0, 0.05) is 17.1 Å². The summed E-state index contributed by atoms with van der Waals surface area (Å²) in [6.45, 7) is 4.22. The fourth-order valence-corrected chi connectivity index (χ4v) is 5.17. The number of para-hydroxylation sites is 1. The van der Waals surface area contributed by atoms with Gasteiger partial charge >= 0.3 is 0 Å². The number of ether oxygens (including phenoxy) is 1. The van der Waals surface area contributed by atoms with Gasteiger partial charge < -0.3 is 15.9 Å². The van der Waals surface area contributed by atoms with Crippen LogP contribution >= 0.6 is 23.1 Å². The van der Waals surface area contributed by atoms with E-state index in [1.807, 2.05) is 79.9 Å². The summed E-state index contributed by atoms with van der Waals surface area (Å²) in [5.41, 5.74) is 3.17. The van der Waals surface area contributed by atoms with E-state index in [0.29, 0.717) is 23.2 Å². The summed E-state index contributed by atoms with van der Waals surface area (Å²) in [7, 11) is 0. The molecule has 1 atom stereocenters. The third-order valence-corrected chi connectivity index (χ3v) is 7.20. The number of aromatic nitrogens is 3. The average Bonchev–Trinajstić information content (AvgIpc) is 3.49. The molecule has 1 unspecified atom stereocenters. The number of hydrogen-bond acceptors (Lipinski definition) is 7. The van der Waals surface area contributed by atoms with Crippen LogP contribution < -0.4 is 15.9 Å². The maximum absolute atomic E-state index is 12.7. The minimum Gasteiger partial charge on any atom is -0.485 e. The first kappa shape index (κ1) is 23.8. The Morgan fingerprint density at radius 2 is 1.85 bits per heavy atom. The van der Waals surface area contributed by atoms with Crippen LogP contribution in [0.1, 0.15) is 39.9 Å². The molecule has 0 saturated carbocycles. The lowest BCUT2D eigenvalue weighted by molar-refractivity contribution is -0.121. The molecule has 0 aliphatic rings. The van der Waals surface area contributed by atoms with Gasteiger partial charge in [-0.3, -0.25) is 4.79 Å². The topological polar surface area (TPSA) is 95.1 Å². The van der Waals surface area contributed by atoms with Crippen LogP contribution in [0.5, 0.6) is 5.75 Å². The van der Waals surface area contributed by atoms with Crippen molar-refractivity contribution in [3.8, 4) is 5.75 Å². The predicted octanol–water partition coefficient (Wildman–Crippen LogP) is 4.64. The highest BCUT2D eigenvalue weighted by Crippen LogP contribution is 2.27. The number of nitrogens with two attached hydrogens (primary N) is 1. The van der Waals surface area contributed by atoms with Gasteiger partial charge in [-0.15, -0.1) is 21.5 Å². The van der Waals surface area contributed by atoms with Gasteiger partial charge in [-0.05, 0) is 42.0 Å². The highest BCUT2D eigenvalue weighted by molar-refractivity contribution is 7.99. The van der Waals surface area contributed by atoms with Crippen LogP contribution in [0.4, 0.5) is 0 Å². The third-order valence-electron chi connectivity index (χ3n) is 5.32. The zero-order chi connectivity index (χ0) is 23.9. The molecular formula is C25H27N5O2S2. The van der Waals surface area contributed by atoms with Crippen LogP contribution in [-0.4, -0.2) is 26.5 Å². The predicted molar refractivity (Wildman–Crippen MR) is 137 cm³/mol. The second kappa shape index (κ2) is 11.2. The quantitative estimate of drug-likeness (QED) is 0.247. The molecule has 34 heavy (non-hydrogen) atoms. The van der Waals surface area contributed by atoms with Gasteiger partial charge in [-0.2, -0.15) is 0 Å². The van der Waals surface area contributed by atoms with Gasteiger partial charge in [-0.25, -0.2) is 4.68 Å². The molecule has 176 valence electrons. The molecule has 0 saturated heterocycles. The zero-order valence-corrected chi connectivity index (χ0v) is 20.7. The molecule has 2 aromatic heterocycles. The number of carbonyl (C=O) groups is 1. The molecule has 0 fully saturated rings. The highest BCUT2D eigenvalue weighted by atomic mass is 32.2. The van der Waals surface area contributed by atoms with Gasteiger partial charge in [0.15, 0.2) is 5.82 Å². The molecule has 7 nitrogen and oxygen atoms in total. The molecule has 0 radical (unpaired) electrons. The summed E-state index contributed by atoms with van der Waals surface area (Å²) in [6, 6.07) is 19.9. The molecule has 4 aromatic rings. The molecule has 3 N–H and O–H groups in total. The summed E-state index contributed by atoms with van der Waals surface area (Å²) in [6.07, 6.45) is 0.334. The van der Waals surface area contributed by atoms with E-state index in [9.17, 15) is 4.79 Å². The van der Waals surface area contributed by atoms with Crippen LogP contribution in [0.25, 0.3) is 0 Å². The van der Waals surface area contributed by atoms with Crippen LogP contribution in [-0.2, 0) is 11.4 Å². The molecule has 1 amide bonds. The minimum atomic E-state index is -0.162. The Morgan fingerprint density at radius 3 is 2.56 bits per heavy atom. The summed E-state index contributed by atoms with van der Waals surface area (Å²) < 4.78 is 7.36. The van der Waals surface area contributed by atoms with E-state index in [4.69, 9.17) is 10.6 Å². The highest BCUT2D eigenvalue weighted by Gasteiger charge is 2.18. The number of hydrogen-bond donors (Lipinski definition) is 2. The van der Waals surface area contributed by atoms with Crippen molar-refractivity contribution in [1.29, 1.82) is 0 Å². The molecule has 4 rings (SSSR count). The smallest absolute Gasteiger partial charge is 0.221 e. The van der Waals surface area contributed by atoms with E-state index < -0.39 is 0 Å². The first-order valence-electron chi connectivity index (χ1n) is 10.9. The van der Waals surface area contributed by atoms with Crippen molar-refractivity contribution in [2.24, 2.45) is 0 Å². The number of thioether (sulfide) groups is 1. The monoisotopic (exact) mass is 493 g/mol. The van der Waals surface area contributed by atoms with Crippen molar-refractivity contribution in [2.45, 2.75) is 38.1 Å². The van der Waals surface area contributed by atoms with E-state index in [2.05, 4.69) is 15.5 Å². The van der Waals surface area contributed by atoms with Crippen molar-refractivity contribution in [3.63, 3.8) is 0 Å². The van der Waals surface area contributed by atoms with Crippen LogP contribution in [0.15, 0.2) is 71.2 Å². The zero-order valence-electron chi connectivity index (χ0n) is 19.1. The van der Waals surface area contributed by atoms with E-state index >= 15 is 0 Å². The van der Waals surface area contributed by atoms with Crippen molar-refractivity contribution in [1.82, 2.24) is 20.2 Å². The van der Waals surface area contributed by atoms with Crippen molar-refractivity contribution in [3.05, 3.63) is 93.4 Å². The molecular weight excluding hydrogens is 466 g/mol. The Bertz CT molecular complexity index is 1210. The molecule has 0 aliphatic heterocycles. The van der Waals surface area contributed by atoms with Crippen LogP contribution in [0.3, 0.4) is 0 Å². The summed E-state index contributed by atoms with van der Waals surface area (Å²) in [4.78, 5) is 13.8. The SMILES string of the molecule is Cc1cccc(C)c1OCc1nnc(SCCC(=O)NC(c2ccccc2)c2cccs2)n1N. The van der Waals surface area contributed by atoms with E-state index in [-0.39, 0.29) is 18.6 Å². The number of nitrogens with one attached hydrogen (secondary N) is 1. The van der Waals surface area contributed by atoms with E-state index in [1.165, 1.54) is 16.4 Å². The van der Waals surface area contributed by atoms with Gasteiger partial charge in [0.1, 0.15) is 12.4 Å². The van der Waals surface area contributed by atoms with Gasteiger partial charge in [-0.1, -0.05) is 66.4 Å². The number of nitrogen functional groups attached to an aromatic ring is 1. The molecule has 0 bridgehead atoms. The minimum absolute atomic E-state index is 0.0311. The standard InChI is InChI=1S/C25H27N5O2S2/c1-17-8-6-9-18(2)24(17)32-16-21-28-29-25(30(21)26)34-15-13-22(31)27-23(20-12-7-14-33-20)19-10-4-3-5-11-19/h3-12,14,23H,13,15-16,26H2,1-2H3,(H,27,31). The van der Waals surface area contributed by atoms with Gasteiger partial charge in [0.25, 0.3) is 0 Å². The van der Waals surface area contributed by atoms with Crippen LogP contribution in [0.2, 0.25) is 0 Å². The summed E-state index contributed by atoms with van der Waals surface area (Å²) >= 11 is 3.02. The van der Waals surface area contributed by atoms with Crippen molar-refractivity contribution < 1.29 is 9.53 Å². The number of thiophene rings is 1. The summed E-state index contributed by atoms with van der Waals surface area (Å²) in [5.74, 6) is 8.03. The molecule has 2 heterocycles. The Balaban J connectivity index is 1.31. The Labute approximate surface area is 207 Å². The lowest BCUT2D eigenvalue weighted by atomic mass is 10.1. The number of aryl methyl sites for hydroxylation is 2. The van der Waals surface area contributed by atoms with E-state index in [0.717, 1.165) is 27.3 Å². The molecule has 9 heteroatoms. The third kappa shape index (κ3) is 5.78. The largest absolute Gasteiger partial charge is 0.485 e. The van der Waals surface area contributed by atoms with Crippen molar-refractivity contribution in [2.75, 3.05) is 11.6 Å². The first-order chi connectivity index (χ1) is 16.5. The first-order valence-corrected chi connectivity index (χ1v) is 12.8. The Morgan fingerprint density at radius 1 is 1.09 bits per heavy atom.